The van der Waals surface area contributed by atoms with E-state index in [0.29, 0.717) is 15.5 Å². The molecule has 2 atom stereocenters. The molecule has 1 aromatic heterocycles. The monoisotopic (exact) mass is 580 g/mol. The van der Waals surface area contributed by atoms with Crippen LogP contribution < -0.4 is 10.0 Å². The molecule has 1 aromatic carbocycles. The first-order valence-electron chi connectivity index (χ1n) is 11.6. The Balaban J connectivity index is 2.45. The van der Waals surface area contributed by atoms with Gasteiger partial charge >= 0.3 is 5.97 Å². The maximum Gasteiger partial charge on any atom is 0.325 e. The highest BCUT2D eigenvalue weighted by atomic mass is 35.5. The zero-order valence-corrected chi connectivity index (χ0v) is 24.3. The lowest BCUT2D eigenvalue weighted by molar-refractivity contribution is -0.144. The number of aliphatic hydroxyl groups excluding tert-OH is 1. The number of nitrogens with one attached hydrogen (secondary N) is 2. The van der Waals surface area contributed by atoms with Crippen molar-refractivity contribution < 1.29 is 28.2 Å². The molecule has 0 spiro atoms. The van der Waals surface area contributed by atoms with E-state index in [2.05, 4.69) is 16.6 Å². The van der Waals surface area contributed by atoms with Crippen LogP contribution in [-0.4, -0.2) is 48.2 Å². The van der Waals surface area contributed by atoms with Crippen molar-refractivity contribution in [2.75, 3.05) is 6.61 Å². The van der Waals surface area contributed by atoms with Crippen LogP contribution >= 0.6 is 22.9 Å². The molecule has 1 heterocycles. The number of amides is 1. The highest BCUT2D eigenvalue weighted by molar-refractivity contribution is 7.91. The van der Waals surface area contributed by atoms with Crippen molar-refractivity contribution in [3.8, 4) is 0 Å². The molecular weight excluding hydrogens is 548 g/mol. The fourth-order valence-electron chi connectivity index (χ4n) is 3.48. The van der Waals surface area contributed by atoms with Crippen molar-refractivity contribution in [3.63, 3.8) is 0 Å². The predicted molar refractivity (Wildman–Crippen MR) is 152 cm³/mol. The quantitative estimate of drug-likeness (QED) is 0.264. The third kappa shape index (κ3) is 7.42. The van der Waals surface area contributed by atoms with E-state index in [1.165, 1.54) is 25.1 Å². The molecular formula is C27H33ClN2O6S2. The van der Waals surface area contributed by atoms with E-state index in [1.54, 1.807) is 64.1 Å². The standard InChI is InChI=1S/C27H33ClN2O6S2/c1-7-19(28)13-12-17(2)22-14-15-23(37-22)38(35,36)30-27(6,25(33)34)18(3)20-10-8-9-11-21(20)24(32)29-26(4,5)16-31/h7-15,18,30-31H,1,16H2,2-6H3,(H,29,32)(H,33,34)/b17-12+,19-13+. The highest BCUT2D eigenvalue weighted by Crippen LogP contribution is 2.34. The molecule has 0 radical (unpaired) electrons. The average Bonchev–Trinajstić information content (AvgIpc) is 3.37. The van der Waals surface area contributed by atoms with Gasteiger partial charge in [0.25, 0.3) is 15.9 Å². The Morgan fingerprint density at radius 1 is 1.16 bits per heavy atom. The number of halogens is 1. The Morgan fingerprint density at radius 3 is 2.37 bits per heavy atom. The Kier molecular flexibility index (Phi) is 10.3. The Labute approximate surface area is 232 Å². The highest BCUT2D eigenvalue weighted by Gasteiger charge is 2.45. The molecule has 1 amide bonds. The summed E-state index contributed by atoms with van der Waals surface area (Å²) in [5.74, 6) is -2.88. The number of thiophene rings is 1. The van der Waals surface area contributed by atoms with Gasteiger partial charge in [0.05, 0.1) is 12.1 Å². The first-order valence-corrected chi connectivity index (χ1v) is 14.3. The molecule has 0 fully saturated rings. The summed E-state index contributed by atoms with van der Waals surface area (Å²) in [6.07, 6.45) is 4.83. The number of benzene rings is 1. The summed E-state index contributed by atoms with van der Waals surface area (Å²) >= 11 is 6.92. The topological polar surface area (TPSA) is 133 Å². The molecule has 0 saturated carbocycles. The molecule has 2 unspecified atom stereocenters. The van der Waals surface area contributed by atoms with E-state index in [9.17, 15) is 28.2 Å². The molecule has 0 aliphatic carbocycles. The zero-order valence-electron chi connectivity index (χ0n) is 21.9. The molecule has 0 aliphatic heterocycles. The van der Waals surface area contributed by atoms with Crippen LogP contribution in [0.2, 0.25) is 0 Å². The van der Waals surface area contributed by atoms with Gasteiger partial charge in [-0.05, 0) is 63.1 Å². The van der Waals surface area contributed by atoms with Crippen molar-refractivity contribution in [1.82, 2.24) is 10.0 Å². The molecule has 4 N–H and O–H groups in total. The summed E-state index contributed by atoms with van der Waals surface area (Å²) in [6, 6.07) is 9.41. The van der Waals surface area contributed by atoms with Gasteiger partial charge in [-0.25, -0.2) is 8.42 Å². The summed E-state index contributed by atoms with van der Waals surface area (Å²) in [7, 11) is -4.26. The molecule has 38 heavy (non-hydrogen) atoms. The van der Waals surface area contributed by atoms with Crippen LogP contribution in [0.25, 0.3) is 5.57 Å². The predicted octanol–water partition coefficient (Wildman–Crippen LogP) is 4.89. The van der Waals surface area contributed by atoms with Crippen molar-refractivity contribution in [1.29, 1.82) is 0 Å². The molecule has 8 nitrogen and oxygen atoms in total. The smallest absolute Gasteiger partial charge is 0.325 e. The number of hydrogen-bond acceptors (Lipinski definition) is 6. The van der Waals surface area contributed by atoms with Crippen molar-refractivity contribution >= 4 is 50.4 Å². The Hall–Kier alpha value is -2.76. The minimum absolute atomic E-state index is 0.0607. The molecule has 206 valence electrons. The largest absolute Gasteiger partial charge is 0.480 e. The van der Waals surface area contributed by atoms with Gasteiger partial charge in [0.1, 0.15) is 9.75 Å². The summed E-state index contributed by atoms with van der Waals surface area (Å²) in [4.78, 5) is 26.2. The number of allylic oxidation sites excluding steroid dienone is 5. The lowest BCUT2D eigenvalue weighted by Gasteiger charge is -2.33. The molecule has 11 heteroatoms. The van der Waals surface area contributed by atoms with E-state index in [-0.39, 0.29) is 16.4 Å². The normalized spacial score (nSPS) is 15.4. The number of rotatable bonds is 12. The second-order valence-corrected chi connectivity index (χ2v) is 13.1. The van der Waals surface area contributed by atoms with E-state index >= 15 is 0 Å². The van der Waals surface area contributed by atoms with E-state index in [1.807, 2.05) is 0 Å². The van der Waals surface area contributed by atoms with Crippen molar-refractivity contribution in [2.24, 2.45) is 0 Å². The van der Waals surface area contributed by atoms with Crippen LogP contribution in [0.1, 0.15) is 61.3 Å². The van der Waals surface area contributed by atoms with Gasteiger partial charge in [0.15, 0.2) is 0 Å². The lowest BCUT2D eigenvalue weighted by atomic mass is 9.80. The molecule has 0 aliphatic rings. The SMILES string of the molecule is C=C/C(Cl)=C\C=C(/C)c1ccc(S(=O)(=O)NC(C)(C(=O)O)C(C)c2ccccc2C(=O)NC(C)(C)CO)s1. The first kappa shape index (κ1) is 31.5. The first-order chi connectivity index (χ1) is 17.6. The molecule has 0 saturated heterocycles. The van der Waals surface area contributed by atoms with E-state index < -0.39 is 38.9 Å². The summed E-state index contributed by atoms with van der Waals surface area (Å²) in [5.41, 5.74) is -1.64. The average molecular weight is 581 g/mol. The third-order valence-electron chi connectivity index (χ3n) is 6.10. The van der Waals surface area contributed by atoms with Gasteiger partial charge in [-0.3, -0.25) is 9.59 Å². The van der Waals surface area contributed by atoms with Crippen LogP contribution in [0.4, 0.5) is 0 Å². The number of hydrogen-bond donors (Lipinski definition) is 4. The number of carboxylic acid groups (broad SMARTS) is 1. The zero-order chi connectivity index (χ0) is 28.9. The minimum Gasteiger partial charge on any atom is -0.480 e. The maximum absolute atomic E-state index is 13.3. The number of carbonyl (C=O) groups excluding carboxylic acids is 1. The van der Waals surface area contributed by atoms with Gasteiger partial charge < -0.3 is 15.5 Å². The van der Waals surface area contributed by atoms with Crippen molar-refractivity contribution in [3.05, 3.63) is 82.2 Å². The lowest BCUT2D eigenvalue weighted by Crippen LogP contribution is -2.55. The third-order valence-corrected chi connectivity index (χ3v) is 9.66. The van der Waals surface area contributed by atoms with Gasteiger partial charge in [-0.2, -0.15) is 4.72 Å². The van der Waals surface area contributed by atoms with Crippen LogP contribution in [0.5, 0.6) is 0 Å². The van der Waals surface area contributed by atoms with Crippen LogP contribution in [0.3, 0.4) is 0 Å². The number of sulfonamides is 1. The summed E-state index contributed by atoms with van der Waals surface area (Å²) in [5, 5.41) is 22.8. The summed E-state index contributed by atoms with van der Waals surface area (Å²) < 4.78 is 29.0. The van der Waals surface area contributed by atoms with E-state index in [4.69, 9.17) is 11.6 Å². The van der Waals surface area contributed by atoms with Gasteiger partial charge in [0.2, 0.25) is 0 Å². The number of aliphatic carboxylic acids is 1. The van der Waals surface area contributed by atoms with Gasteiger partial charge in [-0.1, -0.05) is 55.5 Å². The fraction of sp³-hybridized carbons (Fsp3) is 0.333. The molecule has 2 aromatic rings. The van der Waals surface area contributed by atoms with Crippen LogP contribution in [0, 0.1) is 0 Å². The van der Waals surface area contributed by atoms with Crippen LogP contribution in [-0.2, 0) is 14.8 Å². The molecule has 0 bridgehead atoms. The number of aliphatic hydroxyl groups is 1. The van der Waals surface area contributed by atoms with Crippen molar-refractivity contribution in [2.45, 2.75) is 55.8 Å². The second kappa shape index (κ2) is 12.4. The molecule has 2 rings (SSSR count). The van der Waals surface area contributed by atoms with Gasteiger partial charge in [-0.15, -0.1) is 11.3 Å². The summed E-state index contributed by atoms with van der Waals surface area (Å²) in [6.45, 7) is 11.2. The Morgan fingerprint density at radius 2 is 1.79 bits per heavy atom. The van der Waals surface area contributed by atoms with E-state index in [0.717, 1.165) is 16.9 Å². The van der Waals surface area contributed by atoms with Crippen LogP contribution in [0.15, 0.2) is 70.4 Å². The maximum atomic E-state index is 13.3. The number of carbonyl (C=O) groups is 2. The Bertz CT molecular complexity index is 1380. The minimum atomic E-state index is -4.26. The number of carboxylic acids is 1. The van der Waals surface area contributed by atoms with Gasteiger partial charge in [0, 0.05) is 21.4 Å². The fourth-order valence-corrected chi connectivity index (χ4v) is 6.27. The second-order valence-electron chi connectivity index (χ2n) is 9.64.